The summed E-state index contributed by atoms with van der Waals surface area (Å²) < 4.78 is 1.55. The van der Waals surface area contributed by atoms with Gasteiger partial charge in [-0.25, -0.2) is 0 Å². The Balaban J connectivity index is 2.11. The number of aromatic nitrogens is 1. The minimum Gasteiger partial charge on any atom is -0.300 e. The number of carbonyl (C=O) groups excluding carboxylic acids is 1. The molecule has 0 aliphatic rings. The molecule has 0 aliphatic heterocycles. The standard InChI is InChI=1S/C19H16ClNO2/c1-12-4-3-5-16-13(2)10-18(23)21(19(12)16)11-17(22)14-6-8-15(20)9-7-14/h3-10H,11H2,1-2H3. The number of aryl methyl sites for hydroxylation is 2. The minimum atomic E-state index is -0.161. The van der Waals surface area contributed by atoms with Gasteiger partial charge in [0, 0.05) is 22.0 Å². The van der Waals surface area contributed by atoms with E-state index in [-0.39, 0.29) is 17.9 Å². The molecule has 0 amide bonds. The third-order valence-electron chi connectivity index (χ3n) is 4.01. The summed E-state index contributed by atoms with van der Waals surface area (Å²) in [6.07, 6.45) is 0. The molecule has 0 fully saturated rings. The highest BCUT2D eigenvalue weighted by Crippen LogP contribution is 2.20. The van der Waals surface area contributed by atoms with E-state index in [9.17, 15) is 9.59 Å². The van der Waals surface area contributed by atoms with E-state index >= 15 is 0 Å². The zero-order chi connectivity index (χ0) is 16.6. The van der Waals surface area contributed by atoms with Gasteiger partial charge in [0.2, 0.25) is 0 Å². The fourth-order valence-corrected chi connectivity index (χ4v) is 2.94. The summed E-state index contributed by atoms with van der Waals surface area (Å²) in [5.41, 5.74) is 3.10. The molecule has 0 unspecified atom stereocenters. The monoisotopic (exact) mass is 325 g/mol. The zero-order valence-corrected chi connectivity index (χ0v) is 13.7. The van der Waals surface area contributed by atoms with Crippen molar-refractivity contribution in [3.63, 3.8) is 0 Å². The number of hydrogen-bond donors (Lipinski definition) is 0. The van der Waals surface area contributed by atoms with Gasteiger partial charge in [0.15, 0.2) is 5.78 Å². The summed E-state index contributed by atoms with van der Waals surface area (Å²) in [6.45, 7) is 3.88. The maximum absolute atomic E-state index is 12.5. The van der Waals surface area contributed by atoms with Gasteiger partial charge in [-0.05, 0) is 49.2 Å². The predicted molar refractivity (Wildman–Crippen MR) is 93.5 cm³/mol. The molecule has 4 heteroatoms. The van der Waals surface area contributed by atoms with Gasteiger partial charge in [0.25, 0.3) is 5.56 Å². The maximum atomic E-state index is 12.5. The van der Waals surface area contributed by atoms with Crippen LogP contribution in [0.4, 0.5) is 0 Å². The number of rotatable bonds is 3. The number of para-hydroxylation sites is 1. The average Bonchev–Trinajstić information content (AvgIpc) is 2.52. The minimum absolute atomic E-state index is 0.0160. The van der Waals surface area contributed by atoms with E-state index in [1.54, 1.807) is 34.9 Å². The van der Waals surface area contributed by atoms with Gasteiger partial charge in [-0.3, -0.25) is 9.59 Å². The van der Waals surface area contributed by atoms with Crippen molar-refractivity contribution in [3.8, 4) is 0 Å². The van der Waals surface area contributed by atoms with Gasteiger partial charge < -0.3 is 4.57 Å². The highest BCUT2D eigenvalue weighted by Gasteiger charge is 2.13. The van der Waals surface area contributed by atoms with E-state index in [1.165, 1.54) is 0 Å². The molecule has 0 N–H and O–H groups in total. The molecule has 0 atom stereocenters. The Morgan fingerprint density at radius 3 is 2.43 bits per heavy atom. The highest BCUT2D eigenvalue weighted by molar-refractivity contribution is 6.30. The van der Waals surface area contributed by atoms with E-state index in [4.69, 9.17) is 11.6 Å². The SMILES string of the molecule is Cc1cc(=O)n(CC(=O)c2ccc(Cl)cc2)c2c(C)cccc12. The van der Waals surface area contributed by atoms with Crippen molar-refractivity contribution in [2.75, 3.05) is 0 Å². The number of nitrogens with zero attached hydrogens (tertiary/aromatic N) is 1. The maximum Gasteiger partial charge on any atom is 0.251 e. The second-order valence-electron chi connectivity index (χ2n) is 5.65. The van der Waals surface area contributed by atoms with Crippen LogP contribution in [0.2, 0.25) is 5.02 Å². The fourth-order valence-electron chi connectivity index (χ4n) is 2.81. The first-order chi connectivity index (χ1) is 11.0. The van der Waals surface area contributed by atoms with Gasteiger partial charge in [-0.15, -0.1) is 0 Å². The van der Waals surface area contributed by atoms with Gasteiger partial charge in [-0.1, -0.05) is 29.8 Å². The molecule has 0 bridgehead atoms. The van der Waals surface area contributed by atoms with Crippen LogP contribution in [-0.2, 0) is 6.54 Å². The third-order valence-corrected chi connectivity index (χ3v) is 4.26. The Morgan fingerprint density at radius 1 is 1.04 bits per heavy atom. The van der Waals surface area contributed by atoms with Gasteiger partial charge in [0.1, 0.15) is 0 Å². The van der Waals surface area contributed by atoms with Gasteiger partial charge in [-0.2, -0.15) is 0 Å². The van der Waals surface area contributed by atoms with Crippen LogP contribution in [0, 0.1) is 13.8 Å². The van der Waals surface area contributed by atoms with Gasteiger partial charge >= 0.3 is 0 Å². The lowest BCUT2D eigenvalue weighted by Crippen LogP contribution is -2.25. The van der Waals surface area contributed by atoms with E-state index in [1.807, 2.05) is 32.0 Å². The Hall–Kier alpha value is -2.39. The first kappa shape index (κ1) is 15.5. The second kappa shape index (κ2) is 6.01. The summed E-state index contributed by atoms with van der Waals surface area (Å²) in [4.78, 5) is 24.9. The van der Waals surface area contributed by atoms with Crippen LogP contribution in [0.15, 0.2) is 53.3 Å². The predicted octanol–water partition coefficient (Wildman–Crippen LogP) is 4.15. The first-order valence-corrected chi connectivity index (χ1v) is 7.73. The van der Waals surface area contributed by atoms with Crippen LogP contribution in [0.25, 0.3) is 10.9 Å². The Kier molecular flexibility index (Phi) is 4.05. The molecule has 0 saturated carbocycles. The average molecular weight is 326 g/mol. The van der Waals surface area contributed by atoms with Gasteiger partial charge in [0.05, 0.1) is 12.1 Å². The number of benzene rings is 2. The molecule has 0 aliphatic carbocycles. The van der Waals surface area contributed by atoms with E-state index < -0.39 is 0 Å². The molecule has 0 saturated heterocycles. The molecule has 0 radical (unpaired) electrons. The van der Waals surface area contributed by atoms with Crippen LogP contribution in [0.3, 0.4) is 0 Å². The molecule has 116 valence electrons. The molecule has 3 nitrogen and oxygen atoms in total. The highest BCUT2D eigenvalue weighted by atomic mass is 35.5. The largest absolute Gasteiger partial charge is 0.300 e. The summed E-state index contributed by atoms with van der Waals surface area (Å²) in [5.74, 6) is -0.114. The summed E-state index contributed by atoms with van der Waals surface area (Å²) in [6, 6.07) is 14.2. The summed E-state index contributed by atoms with van der Waals surface area (Å²) >= 11 is 5.85. The van der Waals surface area contributed by atoms with Crippen LogP contribution in [0.5, 0.6) is 0 Å². The van der Waals surface area contributed by atoms with E-state index in [2.05, 4.69) is 0 Å². The molecule has 3 rings (SSSR count). The summed E-state index contributed by atoms with van der Waals surface area (Å²) in [7, 11) is 0. The third kappa shape index (κ3) is 2.92. The smallest absolute Gasteiger partial charge is 0.251 e. The Bertz CT molecular complexity index is 956. The topological polar surface area (TPSA) is 39.1 Å². The number of pyridine rings is 1. The molecule has 0 spiro atoms. The molecular weight excluding hydrogens is 310 g/mol. The first-order valence-electron chi connectivity index (χ1n) is 7.36. The Labute approximate surface area is 139 Å². The van der Waals surface area contributed by atoms with Crippen molar-refractivity contribution in [2.24, 2.45) is 0 Å². The van der Waals surface area contributed by atoms with Crippen molar-refractivity contribution >= 4 is 28.3 Å². The molecule has 23 heavy (non-hydrogen) atoms. The van der Waals surface area contributed by atoms with Crippen LogP contribution in [-0.4, -0.2) is 10.4 Å². The number of carbonyl (C=O) groups is 1. The van der Waals surface area contributed by atoms with E-state index in [0.29, 0.717) is 10.6 Å². The number of fused-ring (bicyclic) bond motifs is 1. The Morgan fingerprint density at radius 2 is 1.74 bits per heavy atom. The van der Waals surface area contributed by atoms with Crippen LogP contribution in [0.1, 0.15) is 21.5 Å². The number of hydrogen-bond acceptors (Lipinski definition) is 2. The lowest BCUT2D eigenvalue weighted by molar-refractivity contribution is 0.0972. The quantitative estimate of drug-likeness (QED) is 0.678. The fraction of sp³-hybridized carbons (Fsp3) is 0.158. The molecule has 3 aromatic rings. The lowest BCUT2D eigenvalue weighted by atomic mass is 10.1. The summed E-state index contributed by atoms with van der Waals surface area (Å²) in [5, 5.41) is 1.57. The van der Waals surface area contributed by atoms with Crippen LogP contribution < -0.4 is 5.56 Å². The van der Waals surface area contributed by atoms with Crippen molar-refractivity contribution in [1.82, 2.24) is 4.57 Å². The van der Waals surface area contributed by atoms with Crippen molar-refractivity contribution < 1.29 is 4.79 Å². The number of Topliss-reactive ketones (excluding diaryl/α,β-unsaturated/α-hetero) is 1. The van der Waals surface area contributed by atoms with Crippen molar-refractivity contribution in [3.05, 3.63) is 80.6 Å². The normalized spacial score (nSPS) is 10.9. The molecule has 2 aromatic carbocycles. The van der Waals surface area contributed by atoms with Crippen molar-refractivity contribution in [1.29, 1.82) is 0 Å². The molecule has 1 aromatic heterocycles. The number of ketones is 1. The van der Waals surface area contributed by atoms with Crippen molar-refractivity contribution in [2.45, 2.75) is 20.4 Å². The van der Waals surface area contributed by atoms with E-state index in [0.717, 1.165) is 22.0 Å². The van der Waals surface area contributed by atoms with Crippen LogP contribution >= 0.6 is 11.6 Å². The number of halogens is 1. The molecular formula is C19H16ClNO2. The lowest BCUT2D eigenvalue weighted by Gasteiger charge is -2.13. The molecule has 1 heterocycles. The zero-order valence-electron chi connectivity index (χ0n) is 13.0. The second-order valence-corrected chi connectivity index (χ2v) is 6.09.